The van der Waals surface area contributed by atoms with Gasteiger partial charge < -0.3 is 4.74 Å². The summed E-state index contributed by atoms with van der Waals surface area (Å²) in [6, 6.07) is 0. The van der Waals surface area contributed by atoms with Crippen LogP contribution >= 0.6 is 0 Å². The summed E-state index contributed by atoms with van der Waals surface area (Å²) in [5.74, 6) is 0. The van der Waals surface area contributed by atoms with Gasteiger partial charge in [-0.15, -0.1) is 0 Å². The topological polar surface area (TPSA) is 9.23 Å². The number of hydrogen-bond acceptors (Lipinski definition) is 1. The Kier molecular flexibility index (Phi) is 3.63. The van der Waals surface area contributed by atoms with E-state index < -0.39 is 0 Å². The highest BCUT2D eigenvalue weighted by Crippen LogP contribution is 2.25. The van der Waals surface area contributed by atoms with Crippen molar-refractivity contribution in [2.45, 2.75) is 64.6 Å². The Bertz CT molecular complexity index is 247. The summed E-state index contributed by atoms with van der Waals surface area (Å²) in [4.78, 5) is 0. The minimum atomic E-state index is 0.380. The molecular weight excluding hydrogens is 184 g/mol. The molecule has 0 radical (unpaired) electrons. The van der Waals surface area contributed by atoms with E-state index in [0.29, 0.717) is 12.2 Å². The third kappa shape index (κ3) is 3.20. The maximum Gasteiger partial charge on any atom is 0.0766 e. The molecule has 1 heteroatoms. The molecule has 2 aliphatic rings. The van der Waals surface area contributed by atoms with Crippen molar-refractivity contribution >= 4 is 0 Å². The van der Waals surface area contributed by atoms with Crippen LogP contribution in [0, 0.1) is 0 Å². The zero-order valence-electron chi connectivity index (χ0n) is 9.96. The first-order valence-corrected chi connectivity index (χ1v) is 6.24. The first kappa shape index (κ1) is 10.9. The van der Waals surface area contributed by atoms with Crippen molar-refractivity contribution in [2.24, 2.45) is 0 Å². The van der Waals surface area contributed by atoms with Crippen LogP contribution in [0.25, 0.3) is 0 Å². The Labute approximate surface area is 93.2 Å². The zero-order chi connectivity index (χ0) is 10.7. The molecule has 2 aliphatic carbocycles. The molecule has 2 rings (SSSR count). The minimum Gasteiger partial charge on any atom is -0.367 e. The third-order valence-corrected chi connectivity index (χ3v) is 3.41. The molecule has 0 aromatic heterocycles. The van der Waals surface area contributed by atoms with Gasteiger partial charge in [-0.25, -0.2) is 0 Å². The Balaban J connectivity index is 1.91. The van der Waals surface area contributed by atoms with Gasteiger partial charge in [0.25, 0.3) is 0 Å². The van der Waals surface area contributed by atoms with E-state index in [1.807, 2.05) is 0 Å². The lowest BCUT2D eigenvalue weighted by molar-refractivity contribution is 0.0244. The predicted molar refractivity (Wildman–Crippen MR) is 63.9 cm³/mol. The van der Waals surface area contributed by atoms with Gasteiger partial charge in [0.1, 0.15) is 0 Å². The van der Waals surface area contributed by atoms with Crippen LogP contribution in [0.1, 0.15) is 52.4 Å². The number of hydrogen-bond donors (Lipinski definition) is 0. The van der Waals surface area contributed by atoms with Gasteiger partial charge in [-0.2, -0.15) is 0 Å². The predicted octanol–water partition coefficient (Wildman–Crippen LogP) is 4.00. The van der Waals surface area contributed by atoms with Crippen molar-refractivity contribution in [3.8, 4) is 0 Å². The number of allylic oxidation sites excluding steroid dienone is 2. The molecule has 0 N–H and O–H groups in total. The minimum absolute atomic E-state index is 0.380. The SMILES string of the molecule is CC1=CC(OC2C=C(C)CCC2)CCC1. The lowest BCUT2D eigenvalue weighted by Gasteiger charge is -2.26. The zero-order valence-corrected chi connectivity index (χ0v) is 9.96. The Morgan fingerprint density at radius 3 is 1.80 bits per heavy atom. The fourth-order valence-electron chi connectivity index (χ4n) is 2.57. The normalized spacial score (nSPS) is 32.1. The lowest BCUT2D eigenvalue weighted by Crippen LogP contribution is -2.23. The average Bonchev–Trinajstić information content (AvgIpc) is 2.17. The highest BCUT2D eigenvalue weighted by Gasteiger charge is 2.18. The van der Waals surface area contributed by atoms with Crippen LogP contribution in [0.3, 0.4) is 0 Å². The highest BCUT2D eigenvalue weighted by atomic mass is 16.5. The van der Waals surface area contributed by atoms with Crippen molar-refractivity contribution in [1.82, 2.24) is 0 Å². The van der Waals surface area contributed by atoms with Crippen molar-refractivity contribution in [3.05, 3.63) is 23.3 Å². The second-order valence-electron chi connectivity index (χ2n) is 5.02. The van der Waals surface area contributed by atoms with Gasteiger partial charge >= 0.3 is 0 Å². The second-order valence-corrected chi connectivity index (χ2v) is 5.02. The molecule has 0 aliphatic heterocycles. The molecule has 0 aromatic rings. The smallest absolute Gasteiger partial charge is 0.0766 e. The largest absolute Gasteiger partial charge is 0.367 e. The molecular formula is C14H22O. The second kappa shape index (κ2) is 4.98. The van der Waals surface area contributed by atoms with Crippen LogP contribution < -0.4 is 0 Å². The van der Waals surface area contributed by atoms with Gasteiger partial charge in [0, 0.05) is 0 Å². The van der Waals surface area contributed by atoms with Gasteiger partial charge in [0.2, 0.25) is 0 Å². The summed E-state index contributed by atoms with van der Waals surface area (Å²) in [5, 5.41) is 0. The monoisotopic (exact) mass is 206 g/mol. The van der Waals surface area contributed by atoms with Gasteiger partial charge in [-0.1, -0.05) is 23.3 Å². The number of rotatable bonds is 2. The first-order valence-electron chi connectivity index (χ1n) is 6.24. The maximum absolute atomic E-state index is 6.12. The Morgan fingerprint density at radius 2 is 1.40 bits per heavy atom. The Hall–Kier alpha value is -0.560. The van der Waals surface area contributed by atoms with Crippen molar-refractivity contribution < 1.29 is 4.74 Å². The summed E-state index contributed by atoms with van der Waals surface area (Å²) in [6.07, 6.45) is 12.9. The van der Waals surface area contributed by atoms with Gasteiger partial charge in [-0.3, -0.25) is 0 Å². The molecule has 15 heavy (non-hydrogen) atoms. The molecule has 0 fully saturated rings. The maximum atomic E-state index is 6.12. The van der Waals surface area contributed by atoms with E-state index >= 15 is 0 Å². The van der Waals surface area contributed by atoms with E-state index in [9.17, 15) is 0 Å². The van der Waals surface area contributed by atoms with Gasteiger partial charge in [0.05, 0.1) is 12.2 Å². The molecule has 84 valence electrons. The number of ether oxygens (including phenoxy) is 1. The summed E-state index contributed by atoms with van der Waals surface area (Å²) in [5.41, 5.74) is 3.01. The fourth-order valence-corrected chi connectivity index (χ4v) is 2.57. The summed E-state index contributed by atoms with van der Waals surface area (Å²) < 4.78 is 6.12. The molecule has 0 saturated heterocycles. The molecule has 0 amide bonds. The van der Waals surface area contributed by atoms with E-state index in [1.54, 1.807) is 0 Å². The highest BCUT2D eigenvalue weighted by molar-refractivity contribution is 5.09. The van der Waals surface area contributed by atoms with Crippen molar-refractivity contribution in [1.29, 1.82) is 0 Å². The summed E-state index contributed by atoms with van der Waals surface area (Å²) in [7, 11) is 0. The van der Waals surface area contributed by atoms with E-state index in [4.69, 9.17) is 4.74 Å². The van der Waals surface area contributed by atoms with Gasteiger partial charge in [-0.05, 0) is 52.4 Å². The van der Waals surface area contributed by atoms with Crippen molar-refractivity contribution in [2.75, 3.05) is 0 Å². The van der Waals surface area contributed by atoms with Gasteiger partial charge in [0.15, 0.2) is 0 Å². The fraction of sp³-hybridized carbons (Fsp3) is 0.714. The average molecular weight is 206 g/mol. The third-order valence-electron chi connectivity index (χ3n) is 3.41. The summed E-state index contributed by atoms with van der Waals surface area (Å²) in [6.45, 7) is 4.44. The van der Waals surface area contributed by atoms with E-state index in [1.165, 1.54) is 49.7 Å². The standard InChI is InChI=1S/C14H22O/c1-11-5-3-7-13(9-11)15-14-8-4-6-12(2)10-14/h9-10,13-14H,3-8H2,1-2H3. The molecule has 0 saturated carbocycles. The van der Waals surface area contributed by atoms with Crippen LogP contribution in [0.15, 0.2) is 23.3 Å². The molecule has 2 unspecified atom stereocenters. The molecule has 0 heterocycles. The van der Waals surface area contributed by atoms with E-state index in [-0.39, 0.29) is 0 Å². The van der Waals surface area contributed by atoms with E-state index in [0.717, 1.165) is 0 Å². The summed E-state index contributed by atoms with van der Waals surface area (Å²) >= 11 is 0. The molecule has 0 spiro atoms. The molecule has 2 atom stereocenters. The molecule has 0 aromatic carbocycles. The van der Waals surface area contributed by atoms with Crippen LogP contribution in [-0.4, -0.2) is 12.2 Å². The Morgan fingerprint density at radius 1 is 0.933 bits per heavy atom. The quantitative estimate of drug-likeness (QED) is 0.620. The van der Waals surface area contributed by atoms with Crippen LogP contribution in [0.5, 0.6) is 0 Å². The first-order chi connectivity index (χ1) is 7.24. The van der Waals surface area contributed by atoms with Crippen LogP contribution in [-0.2, 0) is 4.74 Å². The molecule has 0 bridgehead atoms. The van der Waals surface area contributed by atoms with E-state index in [2.05, 4.69) is 26.0 Å². The van der Waals surface area contributed by atoms with Crippen LogP contribution in [0.4, 0.5) is 0 Å². The van der Waals surface area contributed by atoms with Crippen molar-refractivity contribution in [3.63, 3.8) is 0 Å². The lowest BCUT2D eigenvalue weighted by atomic mass is 9.96. The molecule has 1 nitrogen and oxygen atoms in total. The van der Waals surface area contributed by atoms with Crippen LogP contribution in [0.2, 0.25) is 0 Å².